The number of fused-ring (bicyclic) bond motifs is 6. The van der Waals surface area contributed by atoms with Crippen LogP contribution in [0.3, 0.4) is 0 Å². The van der Waals surface area contributed by atoms with Gasteiger partial charge >= 0.3 is 12.1 Å². The molecule has 7 rings (SSSR count). The summed E-state index contributed by atoms with van der Waals surface area (Å²) >= 11 is 0. The zero-order valence-electron chi connectivity index (χ0n) is 38.6. The van der Waals surface area contributed by atoms with Crippen molar-refractivity contribution in [1.82, 2.24) is 30.2 Å². The van der Waals surface area contributed by atoms with Crippen LogP contribution in [0.15, 0.2) is 67.4 Å². The lowest BCUT2D eigenvalue weighted by molar-refractivity contribution is -0.158. The molecule has 2 saturated heterocycles. The Hall–Kier alpha value is -5.43. The highest BCUT2D eigenvalue weighted by Crippen LogP contribution is 2.43. The predicted molar refractivity (Wildman–Crippen MR) is 244 cm³/mol. The Kier molecular flexibility index (Phi) is 14.5. The average Bonchev–Trinajstić information content (AvgIpc) is 3.53. The highest BCUT2D eigenvalue weighted by molar-refractivity contribution is 6.27. The van der Waals surface area contributed by atoms with Gasteiger partial charge in [0.15, 0.2) is 0 Å². The second kappa shape index (κ2) is 19.7. The summed E-state index contributed by atoms with van der Waals surface area (Å²) < 4.78 is 78.9. The molecule has 357 valence electrons. The van der Waals surface area contributed by atoms with Crippen molar-refractivity contribution in [3.8, 4) is 22.4 Å². The second-order valence-corrected chi connectivity index (χ2v) is 19.8. The minimum Gasteiger partial charge on any atom is -0.464 e. The molecule has 0 aliphatic carbocycles. The van der Waals surface area contributed by atoms with Crippen LogP contribution < -0.4 is 10.7 Å². The number of amides is 3. The highest BCUT2D eigenvalue weighted by atomic mass is 28.1. The lowest BCUT2D eigenvalue weighted by Crippen LogP contribution is -2.67. The maximum atomic E-state index is 15.9. The maximum absolute atomic E-state index is 15.9. The molecule has 3 aliphatic heterocycles. The molecule has 0 spiro atoms. The summed E-state index contributed by atoms with van der Waals surface area (Å²) in [6, 6.07) is 11.3. The second-order valence-electron chi connectivity index (χ2n) is 19.0. The lowest BCUT2D eigenvalue weighted by atomic mass is 9.84. The summed E-state index contributed by atoms with van der Waals surface area (Å²) in [6.45, 7) is 12.0. The summed E-state index contributed by atoms with van der Waals surface area (Å²) in [5, 5.41) is 3.08. The number of carbonyl (C=O) groups is 4. The Bertz CT molecular complexity index is 2540. The third-order valence-electron chi connectivity index (χ3n) is 12.8. The van der Waals surface area contributed by atoms with Crippen molar-refractivity contribution >= 4 is 44.8 Å². The third-order valence-corrected chi connectivity index (χ3v) is 13.4. The smallest absolute Gasteiger partial charge is 0.406 e. The summed E-state index contributed by atoms with van der Waals surface area (Å²) in [6.07, 6.45) is -2.19. The number of cyclic esters (lactones) is 1. The number of likely N-dealkylation sites (tertiary alicyclic amines) is 1. The number of aromatic nitrogens is 2. The van der Waals surface area contributed by atoms with Gasteiger partial charge < -0.3 is 29.0 Å². The number of hydrazine groups is 1. The summed E-state index contributed by atoms with van der Waals surface area (Å²) in [5.74, 6) is -3.60. The number of rotatable bonds is 11. The molecule has 2 aromatic carbocycles. The van der Waals surface area contributed by atoms with Crippen LogP contribution in [0.1, 0.15) is 70.4 Å². The van der Waals surface area contributed by atoms with E-state index in [2.05, 4.69) is 32.5 Å². The van der Waals surface area contributed by atoms with Crippen LogP contribution in [0.5, 0.6) is 0 Å². The van der Waals surface area contributed by atoms with E-state index < -0.39 is 65.0 Å². The van der Waals surface area contributed by atoms with Gasteiger partial charge in [0.05, 0.1) is 53.0 Å². The number of benzene rings is 2. The highest BCUT2D eigenvalue weighted by Gasteiger charge is 2.44. The molecule has 4 aromatic rings. The first-order valence-corrected chi connectivity index (χ1v) is 22.9. The number of carbonyl (C=O) groups excluding carboxylic acids is 4. The van der Waals surface area contributed by atoms with Gasteiger partial charge in [0.2, 0.25) is 11.8 Å². The van der Waals surface area contributed by atoms with Crippen LogP contribution >= 0.6 is 0 Å². The van der Waals surface area contributed by atoms with Gasteiger partial charge in [0.25, 0.3) is 5.91 Å². The van der Waals surface area contributed by atoms with Crippen LogP contribution in [0.2, 0.25) is 0 Å². The van der Waals surface area contributed by atoms with Crippen molar-refractivity contribution in [2.45, 2.75) is 96.4 Å². The number of nitrogens with one attached hydrogen (secondary N) is 2. The number of halogens is 4. The van der Waals surface area contributed by atoms with Crippen LogP contribution in [-0.4, -0.2) is 117 Å². The number of methoxy groups -OCH3 is 1. The number of nitrogens with zero attached hydrogens (tertiary/aromatic N) is 4. The zero-order chi connectivity index (χ0) is 48.6. The van der Waals surface area contributed by atoms with E-state index in [1.54, 1.807) is 54.4 Å². The maximum Gasteiger partial charge on any atom is 0.406 e. The molecular formula is C49H57F4N6O7Si. The van der Waals surface area contributed by atoms with Crippen molar-refractivity contribution in [3.05, 3.63) is 90.0 Å². The first-order valence-electron chi connectivity index (χ1n) is 22.4. The fraction of sp³-hybridized carbons (Fsp3) is 0.490. The monoisotopic (exact) mass is 945 g/mol. The van der Waals surface area contributed by atoms with Crippen LogP contribution in [0.4, 0.5) is 17.6 Å². The van der Waals surface area contributed by atoms with Crippen molar-refractivity contribution in [1.29, 1.82) is 0 Å². The molecule has 18 heteroatoms. The van der Waals surface area contributed by atoms with Crippen LogP contribution in [-0.2, 0) is 52.8 Å². The topological polar surface area (TPSA) is 144 Å². The molecule has 2 aromatic heterocycles. The molecule has 3 aliphatic rings. The first kappa shape index (κ1) is 49.5. The molecule has 6 bridgehead atoms. The normalized spacial score (nSPS) is 21.3. The van der Waals surface area contributed by atoms with E-state index in [1.165, 1.54) is 34.9 Å². The number of alkyl halides is 3. The molecule has 5 heterocycles. The van der Waals surface area contributed by atoms with Gasteiger partial charge in [-0.25, -0.2) is 9.82 Å². The van der Waals surface area contributed by atoms with Gasteiger partial charge in [-0.1, -0.05) is 46.4 Å². The fourth-order valence-corrected chi connectivity index (χ4v) is 9.44. The first-order chi connectivity index (χ1) is 31.6. The van der Waals surface area contributed by atoms with Gasteiger partial charge in [0.1, 0.15) is 23.6 Å². The van der Waals surface area contributed by atoms with E-state index in [4.69, 9.17) is 14.2 Å². The van der Waals surface area contributed by atoms with E-state index in [0.717, 1.165) is 0 Å². The Morgan fingerprint density at radius 2 is 1.85 bits per heavy atom. The van der Waals surface area contributed by atoms with Gasteiger partial charge in [-0.15, -0.1) is 0 Å². The predicted octanol–water partition coefficient (Wildman–Crippen LogP) is 6.61. The van der Waals surface area contributed by atoms with Gasteiger partial charge in [-0.3, -0.25) is 29.2 Å². The molecule has 2 fully saturated rings. The van der Waals surface area contributed by atoms with Gasteiger partial charge in [0, 0.05) is 61.2 Å². The number of pyridine rings is 1. The minimum absolute atomic E-state index is 0.00801. The van der Waals surface area contributed by atoms with E-state index in [1.807, 2.05) is 27.7 Å². The molecule has 3 radical (unpaired) electrons. The summed E-state index contributed by atoms with van der Waals surface area (Å²) in [7, 11) is 5.10. The molecule has 3 amide bonds. The van der Waals surface area contributed by atoms with Crippen molar-refractivity contribution in [2.75, 3.05) is 40.0 Å². The van der Waals surface area contributed by atoms with E-state index in [-0.39, 0.29) is 68.2 Å². The van der Waals surface area contributed by atoms with E-state index >= 15 is 4.39 Å². The Labute approximate surface area is 391 Å². The molecule has 0 saturated carbocycles. The SMILES string of the molecule is C=CC(=O)N1CC(OC[C@H](C(=O)N[C@H]2Cc3cc(F)cc(c3)-c3ccc4c(c3)c(c(-c3cccnc3[C@H](C)OC)n4CC(F)(F)F)CC(C)(C)COC(=O)[C@@]3([Si])CCCN(N3)C2=O)C(C)C)C1. The van der Waals surface area contributed by atoms with Gasteiger partial charge in [-0.05, 0) is 96.8 Å². The molecule has 67 heavy (non-hydrogen) atoms. The lowest BCUT2D eigenvalue weighted by Gasteiger charge is -2.41. The van der Waals surface area contributed by atoms with Crippen molar-refractivity contribution in [3.63, 3.8) is 0 Å². The van der Waals surface area contributed by atoms with E-state index in [0.29, 0.717) is 58.4 Å². The molecule has 4 atom stereocenters. The number of ether oxygens (including phenoxy) is 3. The van der Waals surface area contributed by atoms with Crippen LogP contribution in [0.25, 0.3) is 33.3 Å². The largest absolute Gasteiger partial charge is 0.464 e. The fourth-order valence-electron chi connectivity index (χ4n) is 9.06. The standard InChI is InChI=1S/C49H57F4N6O7Si/c1-8-41(60)57-23-34(24-57)65-25-38(28(2)3)44(61)55-39-19-30-17-32(20-33(50)18-30)31-12-13-40-36(21-31)37(22-47(5,6)27-66-46(63)48(67)14-10-16-59(56-48)45(39)62)43(58(40)26-49(51,52)53)35-11-9-15-54-42(35)29(4)64-7/h8-9,11-13,15,17-18,20-21,28-29,34,38-39,56H,1,10,14,16,19,22-27H2,2-7H3,(H,55,61)/t29-,38-,39-,48-/m0/s1. The average molecular weight is 946 g/mol. The third kappa shape index (κ3) is 11.0. The minimum atomic E-state index is -4.64. The molecule has 0 unspecified atom stereocenters. The Morgan fingerprint density at radius 1 is 1.10 bits per heavy atom. The Morgan fingerprint density at radius 3 is 2.54 bits per heavy atom. The van der Waals surface area contributed by atoms with Crippen molar-refractivity contribution < 1.29 is 51.0 Å². The van der Waals surface area contributed by atoms with Gasteiger partial charge in [-0.2, -0.15) is 13.2 Å². The van der Waals surface area contributed by atoms with Crippen molar-refractivity contribution in [2.24, 2.45) is 17.3 Å². The summed E-state index contributed by atoms with van der Waals surface area (Å²) in [4.78, 5) is 61.1. The Balaban J connectivity index is 1.34. The number of hydrogen-bond acceptors (Lipinski definition) is 9. The number of hydrogen-bond donors (Lipinski definition) is 2. The summed E-state index contributed by atoms with van der Waals surface area (Å²) in [5.41, 5.74) is 5.28. The van der Waals surface area contributed by atoms with E-state index in [9.17, 15) is 32.3 Å². The molecule has 2 N–H and O–H groups in total. The number of esters is 1. The quantitative estimate of drug-likeness (QED) is 0.0735. The molecular weight excluding hydrogens is 889 g/mol. The molecule has 13 nitrogen and oxygen atoms in total. The van der Waals surface area contributed by atoms with Crippen LogP contribution in [0, 0.1) is 23.1 Å². The zero-order valence-corrected chi connectivity index (χ0v) is 39.6.